The fourth-order valence-corrected chi connectivity index (χ4v) is 1.60. The predicted octanol–water partition coefficient (Wildman–Crippen LogP) is 3.82. The first-order valence-electron chi connectivity index (χ1n) is 6.07. The van der Waals surface area contributed by atoms with Crippen LogP contribution in [0.1, 0.15) is 21.5 Å². The molecule has 0 bridgehead atoms. The summed E-state index contributed by atoms with van der Waals surface area (Å²) in [5.41, 5.74) is -0.451. The van der Waals surface area contributed by atoms with Gasteiger partial charge in [0.25, 0.3) is 0 Å². The lowest BCUT2D eigenvalue weighted by molar-refractivity contribution is -0.137. The van der Waals surface area contributed by atoms with E-state index in [9.17, 15) is 18.0 Å². The molecule has 4 nitrogen and oxygen atoms in total. The summed E-state index contributed by atoms with van der Waals surface area (Å²) >= 11 is 0. The maximum atomic E-state index is 12.5. The van der Waals surface area contributed by atoms with Crippen LogP contribution in [0, 0.1) is 0 Å². The summed E-state index contributed by atoms with van der Waals surface area (Å²) in [6.07, 6.45) is -3.28. The van der Waals surface area contributed by atoms with Crippen LogP contribution in [0.15, 0.2) is 53.7 Å². The molecular weight excluding hydrogens is 299 g/mol. The fraction of sp³-hybridized carbons (Fsp3) is 0.0667. The molecule has 0 atom stereocenters. The van der Waals surface area contributed by atoms with E-state index in [1.165, 1.54) is 36.4 Å². The second kappa shape index (κ2) is 6.30. The van der Waals surface area contributed by atoms with Crippen LogP contribution in [0.25, 0.3) is 0 Å². The highest BCUT2D eigenvalue weighted by Crippen LogP contribution is 2.29. The van der Waals surface area contributed by atoms with Gasteiger partial charge in [-0.1, -0.05) is 17.3 Å². The van der Waals surface area contributed by atoms with Crippen LogP contribution >= 0.6 is 0 Å². The average molecular weight is 309 g/mol. The molecule has 22 heavy (non-hydrogen) atoms. The second-order valence-electron chi connectivity index (χ2n) is 4.28. The lowest BCUT2D eigenvalue weighted by Crippen LogP contribution is -2.05. The molecule has 0 saturated heterocycles. The van der Waals surface area contributed by atoms with Gasteiger partial charge in [-0.15, -0.1) is 0 Å². The van der Waals surface area contributed by atoms with Gasteiger partial charge in [-0.2, -0.15) is 13.2 Å². The van der Waals surface area contributed by atoms with Crippen molar-refractivity contribution in [2.24, 2.45) is 5.16 Å². The van der Waals surface area contributed by atoms with Crippen LogP contribution in [-0.4, -0.2) is 17.3 Å². The molecular formula is C15H10F3NO3. The van der Waals surface area contributed by atoms with Gasteiger partial charge in [0.05, 0.1) is 17.3 Å². The molecule has 2 aromatic rings. The molecule has 0 amide bonds. The van der Waals surface area contributed by atoms with E-state index < -0.39 is 17.7 Å². The molecule has 0 fully saturated rings. The van der Waals surface area contributed by atoms with E-state index in [-0.39, 0.29) is 16.9 Å². The quantitative estimate of drug-likeness (QED) is 0.690. The summed E-state index contributed by atoms with van der Waals surface area (Å²) < 4.78 is 37.6. The standard InChI is InChI=1S/C15H10F3NO3/c16-15(17,18)12-3-1-2-10(8-12)9-19-22-13-6-4-11(5-7-13)14(20)21/h1-9H,(H,20,21)/b19-9+. The summed E-state index contributed by atoms with van der Waals surface area (Å²) in [4.78, 5) is 15.6. The minimum atomic E-state index is -4.42. The summed E-state index contributed by atoms with van der Waals surface area (Å²) in [6, 6.07) is 10.1. The lowest BCUT2D eigenvalue weighted by atomic mass is 10.1. The predicted molar refractivity (Wildman–Crippen MR) is 73.1 cm³/mol. The number of oxime groups is 1. The number of nitrogens with zero attached hydrogens (tertiary/aromatic N) is 1. The molecule has 0 unspecified atom stereocenters. The average Bonchev–Trinajstić information content (AvgIpc) is 2.47. The van der Waals surface area contributed by atoms with Crippen molar-refractivity contribution in [2.45, 2.75) is 6.18 Å². The minimum Gasteiger partial charge on any atom is -0.478 e. The number of hydrogen-bond donors (Lipinski definition) is 1. The van der Waals surface area contributed by atoms with Gasteiger partial charge in [-0.3, -0.25) is 0 Å². The van der Waals surface area contributed by atoms with Gasteiger partial charge in [0.15, 0.2) is 5.75 Å². The van der Waals surface area contributed by atoms with Gasteiger partial charge in [0, 0.05) is 0 Å². The number of halogens is 3. The highest BCUT2D eigenvalue weighted by Gasteiger charge is 2.30. The van der Waals surface area contributed by atoms with E-state index >= 15 is 0 Å². The highest BCUT2D eigenvalue weighted by atomic mass is 19.4. The number of rotatable bonds is 4. The largest absolute Gasteiger partial charge is 0.478 e. The normalized spacial score (nSPS) is 11.6. The molecule has 0 aromatic heterocycles. The van der Waals surface area contributed by atoms with E-state index in [0.29, 0.717) is 0 Å². The van der Waals surface area contributed by atoms with Crippen LogP contribution < -0.4 is 4.84 Å². The van der Waals surface area contributed by atoms with Crippen LogP contribution in [0.5, 0.6) is 5.75 Å². The topological polar surface area (TPSA) is 58.9 Å². The van der Waals surface area contributed by atoms with E-state index in [2.05, 4.69) is 5.16 Å². The second-order valence-corrected chi connectivity index (χ2v) is 4.28. The number of benzene rings is 2. The van der Waals surface area contributed by atoms with Crippen LogP contribution in [0.3, 0.4) is 0 Å². The van der Waals surface area contributed by atoms with Crippen molar-refractivity contribution < 1.29 is 27.9 Å². The Bertz CT molecular complexity index is 694. The van der Waals surface area contributed by atoms with Gasteiger partial charge >= 0.3 is 12.1 Å². The van der Waals surface area contributed by atoms with Gasteiger partial charge in [0.1, 0.15) is 0 Å². The van der Waals surface area contributed by atoms with Crippen molar-refractivity contribution in [3.63, 3.8) is 0 Å². The van der Waals surface area contributed by atoms with Crippen molar-refractivity contribution in [1.82, 2.24) is 0 Å². The number of carboxylic acids is 1. The van der Waals surface area contributed by atoms with Crippen molar-refractivity contribution in [2.75, 3.05) is 0 Å². The molecule has 0 spiro atoms. The Hall–Kier alpha value is -2.83. The SMILES string of the molecule is O=C(O)c1ccc(O/N=C/c2cccc(C(F)(F)F)c2)cc1. The molecule has 0 aliphatic heterocycles. The molecule has 0 radical (unpaired) electrons. The fourth-order valence-electron chi connectivity index (χ4n) is 1.60. The zero-order chi connectivity index (χ0) is 16.2. The van der Waals surface area contributed by atoms with E-state index in [0.717, 1.165) is 18.3 Å². The maximum absolute atomic E-state index is 12.5. The van der Waals surface area contributed by atoms with Crippen molar-refractivity contribution >= 4 is 12.2 Å². The first-order chi connectivity index (χ1) is 10.4. The Morgan fingerprint density at radius 1 is 1.14 bits per heavy atom. The molecule has 0 heterocycles. The molecule has 1 N–H and O–H groups in total. The van der Waals surface area contributed by atoms with Gasteiger partial charge in [-0.05, 0) is 42.0 Å². The number of hydrogen-bond acceptors (Lipinski definition) is 3. The highest BCUT2D eigenvalue weighted by molar-refractivity contribution is 5.87. The number of alkyl halides is 3. The van der Waals surface area contributed by atoms with E-state index in [1.807, 2.05) is 0 Å². The maximum Gasteiger partial charge on any atom is 0.416 e. The van der Waals surface area contributed by atoms with Crippen molar-refractivity contribution in [3.8, 4) is 5.75 Å². The van der Waals surface area contributed by atoms with Crippen LogP contribution in [-0.2, 0) is 6.18 Å². The third kappa shape index (κ3) is 4.08. The van der Waals surface area contributed by atoms with Gasteiger partial charge in [-0.25, -0.2) is 4.79 Å². The lowest BCUT2D eigenvalue weighted by Gasteiger charge is -2.06. The number of carboxylic acid groups (broad SMARTS) is 1. The Morgan fingerprint density at radius 3 is 2.41 bits per heavy atom. The van der Waals surface area contributed by atoms with Crippen molar-refractivity contribution in [3.05, 3.63) is 65.2 Å². The zero-order valence-corrected chi connectivity index (χ0v) is 11.0. The molecule has 114 valence electrons. The Labute approximate surface area is 123 Å². The van der Waals surface area contributed by atoms with Crippen LogP contribution in [0.2, 0.25) is 0 Å². The third-order valence-corrected chi connectivity index (χ3v) is 2.68. The molecule has 0 saturated carbocycles. The zero-order valence-electron chi connectivity index (χ0n) is 11.0. The first kappa shape index (κ1) is 15.6. The molecule has 7 heteroatoms. The monoisotopic (exact) mass is 309 g/mol. The molecule has 2 rings (SSSR count). The Balaban J connectivity index is 2.05. The summed E-state index contributed by atoms with van der Waals surface area (Å²) in [7, 11) is 0. The molecule has 0 aliphatic carbocycles. The minimum absolute atomic E-state index is 0.0919. The summed E-state index contributed by atoms with van der Waals surface area (Å²) in [6.45, 7) is 0. The van der Waals surface area contributed by atoms with Crippen LogP contribution in [0.4, 0.5) is 13.2 Å². The van der Waals surface area contributed by atoms with Gasteiger partial charge < -0.3 is 9.94 Å². The van der Waals surface area contributed by atoms with Gasteiger partial charge in [0.2, 0.25) is 0 Å². The van der Waals surface area contributed by atoms with E-state index in [4.69, 9.17) is 9.94 Å². The first-order valence-corrected chi connectivity index (χ1v) is 6.07. The summed E-state index contributed by atoms with van der Waals surface area (Å²) in [5, 5.41) is 12.3. The smallest absolute Gasteiger partial charge is 0.416 e. The van der Waals surface area contributed by atoms with Crippen molar-refractivity contribution in [1.29, 1.82) is 0 Å². The number of aromatic carboxylic acids is 1. The Kier molecular flexibility index (Phi) is 4.45. The number of carbonyl (C=O) groups is 1. The Morgan fingerprint density at radius 2 is 1.82 bits per heavy atom. The van der Waals surface area contributed by atoms with E-state index in [1.54, 1.807) is 0 Å². The molecule has 0 aliphatic rings. The molecule has 2 aromatic carbocycles. The third-order valence-electron chi connectivity index (χ3n) is 2.68. The summed E-state index contributed by atoms with van der Waals surface area (Å²) in [5.74, 6) is -0.799.